The lowest BCUT2D eigenvalue weighted by molar-refractivity contribution is 0.252. The van der Waals surface area contributed by atoms with Crippen molar-refractivity contribution in [1.29, 1.82) is 0 Å². The molecule has 1 aromatic heterocycles. The van der Waals surface area contributed by atoms with E-state index in [0.717, 1.165) is 19.5 Å². The quantitative estimate of drug-likeness (QED) is 0.896. The van der Waals surface area contributed by atoms with Gasteiger partial charge in [0.25, 0.3) is 0 Å². The summed E-state index contributed by atoms with van der Waals surface area (Å²) in [5.74, 6) is 0. The van der Waals surface area contributed by atoms with Gasteiger partial charge in [-0.15, -0.1) is 11.3 Å². The third-order valence-electron chi connectivity index (χ3n) is 2.98. The van der Waals surface area contributed by atoms with Gasteiger partial charge in [-0.25, -0.2) is 0 Å². The van der Waals surface area contributed by atoms with Gasteiger partial charge >= 0.3 is 0 Å². The number of nitrogens with zero attached hydrogens (tertiary/aromatic N) is 1. The topological polar surface area (TPSA) is 29.3 Å². The molecule has 0 aliphatic rings. The molecule has 0 aliphatic heterocycles. The first-order valence-electron chi connectivity index (χ1n) is 5.96. The Bertz CT molecular complexity index is 343. The van der Waals surface area contributed by atoms with Crippen LogP contribution in [0.3, 0.4) is 0 Å². The first kappa shape index (κ1) is 15.2. The van der Waals surface area contributed by atoms with Crippen LogP contribution in [0, 0.1) is 5.41 Å². The highest BCUT2D eigenvalue weighted by atomic mass is 79.9. The monoisotopic (exact) mass is 318 g/mol. The molecule has 1 rings (SSSR count). The maximum atomic E-state index is 6.16. The fourth-order valence-corrected chi connectivity index (χ4v) is 3.10. The van der Waals surface area contributed by atoms with Gasteiger partial charge in [-0.2, -0.15) is 0 Å². The van der Waals surface area contributed by atoms with Gasteiger partial charge in [0.2, 0.25) is 0 Å². The SMILES string of the molecule is CN(CCC(N)C(C)(C)C)Cc1cc(Br)cs1. The Balaban J connectivity index is 2.33. The normalized spacial score (nSPS) is 14.3. The minimum Gasteiger partial charge on any atom is -0.327 e. The minimum atomic E-state index is 0.201. The Kier molecular flexibility index (Phi) is 5.64. The van der Waals surface area contributed by atoms with Gasteiger partial charge in [0.15, 0.2) is 0 Å². The molecule has 0 saturated carbocycles. The molecule has 2 nitrogen and oxygen atoms in total. The van der Waals surface area contributed by atoms with E-state index in [-0.39, 0.29) is 11.5 Å². The number of rotatable bonds is 5. The summed E-state index contributed by atoms with van der Waals surface area (Å²) in [5.41, 5.74) is 6.37. The van der Waals surface area contributed by atoms with Gasteiger partial charge in [0.1, 0.15) is 0 Å². The number of hydrogen-bond donors (Lipinski definition) is 1. The van der Waals surface area contributed by atoms with Gasteiger partial charge in [-0.1, -0.05) is 20.8 Å². The molecule has 98 valence electrons. The molecule has 0 radical (unpaired) electrons. The molecule has 0 fully saturated rings. The summed E-state index contributed by atoms with van der Waals surface area (Å²) in [6.45, 7) is 8.66. The van der Waals surface area contributed by atoms with Crippen LogP contribution in [0.15, 0.2) is 15.9 Å². The molecule has 0 saturated heterocycles. The molecule has 1 aromatic rings. The predicted molar refractivity (Wildman–Crippen MR) is 80.4 cm³/mol. The summed E-state index contributed by atoms with van der Waals surface area (Å²) in [6.07, 6.45) is 1.05. The fraction of sp³-hybridized carbons (Fsp3) is 0.692. The Morgan fingerprint density at radius 1 is 1.47 bits per heavy atom. The fourth-order valence-electron chi connectivity index (χ4n) is 1.57. The third-order valence-corrected chi connectivity index (χ3v) is 4.66. The van der Waals surface area contributed by atoms with Crippen LogP contribution in [0.2, 0.25) is 0 Å². The summed E-state index contributed by atoms with van der Waals surface area (Å²) in [4.78, 5) is 3.73. The molecule has 1 unspecified atom stereocenters. The molecule has 17 heavy (non-hydrogen) atoms. The van der Waals surface area contributed by atoms with Crippen molar-refractivity contribution < 1.29 is 0 Å². The smallest absolute Gasteiger partial charge is 0.0325 e. The average Bonchev–Trinajstić information content (AvgIpc) is 2.58. The summed E-state index contributed by atoms with van der Waals surface area (Å²) in [7, 11) is 2.16. The first-order valence-corrected chi connectivity index (χ1v) is 7.63. The zero-order valence-corrected chi connectivity index (χ0v) is 13.6. The average molecular weight is 319 g/mol. The Labute approximate surface area is 117 Å². The molecule has 1 atom stereocenters. The Hall–Kier alpha value is 0.1000. The lowest BCUT2D eigenvalue weighted by atomic mass is 9.85. The summed E-state index contributed by atoms with van der Waals surface area (Å²) in [6, 6.07) is 2.45. The number of halogens is 1. The van der Waals surface area contributed by atoms with Crippen molar-refractivity contribution in [2.24, 2.45) is 11.1 Å². The Morgan fingerprint density at radius 3 is 2.59 bits per heavy atom. The number of thiophene rings is 1. The van der Waals surface area contributed by atoms with Gasteiger partial charge < -0.3 is 10.6 Å². The molecule has 0 amide bonds. The standard InChI is InChI=1S/C13H23BrN2S/c1-13(2,3)12(15)5-6-16(4)8-11-7-10(14)9-17-11/h7,9,12H,5-6,8,15H2,1-4H3. The molecule has 1 heterocycles. The second-order valence-electron chi connectivity index (χ2n) is 5.73. The van der Waals surface area contributed by atoms with E-state index in [1.807, 2.05) is 0 Å². The molecule has 0 aromatic carbocycles. The number of hydrogen-bond acceptors (Lipinski definition) is 3. The molecular formula is C13H23BrN2S. The van der Waals surface area contributed by atoms with Crippen LogP contribution in [0.5, 0.6) is 0 Å². The third kappa shape index (κ3) is 5.51. The lowest BCUT2D eigenvalue weighted by Gasteiger charge is -2.28. The summed E-state index contributed by atoms with van der Waals surface area (Å²) >= 11 is 5.28. The van der Waals surface area contributed by atoms with Crippen LogP contribution in [0.1, 0.15) is 32.1 Å². The molecular weight excluding hydrogens is 296 g/mol. The molecule has 2 N–H and O–H groups in total. The van der Waals surface area contributed by atoms with Crippen LogP contribution >= 0.6 is 27.3 Å². The van der Waals surface area contributed by atoms with E-state index >= 15 is 0 Å². The largest absolute Gasteiger partial charge is 0.327 e. The summed E-state index contributed by atoms with van der Waals surface area (Å²) in [5, 5.41) is 2.13. The van der Waals surface area contributed by atoms with Gasteiger partial charge in [0, 0.05) is 27.3 Å². The molecule has 4 heteroatoms. The highest BCUT2D eigenvalue weighted by Crippen LogP contribution is 2.22. The van der Waals surface area contributed by atoms with Gasteiger partial charge in [-0.05, 0) is 47.4 Å². The molecule has 0 spiro atoms. The lowest BCUT2D eigenvalue weighted by Crippen LogP contribution is -2.37. The van der Waals surface area contributed by atoms with E-state index in [9.17, 15) is 0 Å². The van der Waals surface area contributed by atoms with Crippen LogP contribution < -0.4 is 5.73 Å². The predicted octanol–water partition coefficient (Wildman–Crippen LogP) is 3.71. The summed E-state index contributed by atoms with van der Waals surface area (Å²) < 4.78 is 1.18. The van der Waals surface area contributed by atoms with Crippen molar-refractivity contribution in [3.8, 4) is 0 Å². The maximum Gasteiger partial charge on any atom is 0.0325 e. The van der Waals surface area contributed by atoms with E-state index in [4.69, 9.17) is 5.73 Å². The molecule has 0 bridgehead atoms. The van der Waals surface area contributed by atoms with Crippen LogP contribution in [0.4, 0.5) is 0 Å². The van der Waals surface area contributed by atoms with Gasteiger partial charge in [0.05, 0.1) is 0 Å². The minimum absolute atomic E-state index is 0.201. The van der Waals surface area contributed by atoms with E-state index in [1.54, 1.807) is 11.3 Å². The van der Waals surface area contributed by atoms with Crippen molar-refractivity contribution in [1.82, 2.24) is 4.90 Å². The van der Waals surface area contributed by atoms with Crippen LogP contribution in [0.25, 0.3) is 0 Å². The zero-order valence-electron chi connectivity index (χ0n) is 11.2. The van der Waals surface area contributed by atoms with Crippen LogP contribution in [-0.4, -0.2) is 24.5 Å². The van der Waals surface area contributed by atoms with Crippen molar-refractivity contribution >= 4 is 27.3 Å². The van der Waals surface area contributed by atoms with E-state index in [2.05, 4.69) is 60.1 Å². The Morgan fingerprint density at radius 2 is 2.12 bits per heavy atom. The van der Waals surface area contributed by atoms with Crippen molar-refractivity contribution in [3.05, 3.63) is 20.8 Å². The van der Waals surface area contributed by atoms with Crippen molar-refractivity contribution in [2.45, 2.75) is 39.8 Å². The van der Waals surface area contributed by atoms with E-state index < -0.39 is 0 Å². The van der Waals surface area contributed by atoms with E-state index in [0.29, 0.717) is 0 Å². The van der Waals surface area contributed by atoms with Gasteiger partial charge in [-0.3, -0.25) is 0 Å². The first-order chi connectivity index (χ1) is 7.79. The van der Waals surface area contributed by atoms with Crippen molar-refractivity contribution in [2.75, 3.05) is 13.6 Å². The second kappa shape index (κ2) is 6.32. The maximum absolute atomic E-state index is 6.16. The number of nitrogens with two attached hydrogens (primary N) is 1. The van der Waals surface area contributed by atoms with E-state index in [1.165, 1.54) is 9.35 Å². The second-order valence-corrected chi connectivity index (χ2v) is 7.64. The van der Waals surface area contributed by atoms with Crippen molar-refractivity contribution in [3.63, 3.8) is 0 Å². The zero-order chi connectivity index (χ0) is 13.1. The van der Waals surface area contributed by atoms with Crippen LogP contribution in [-0.2, 0) is 6.54 Å². The highest BCUT2D eigenvalue weighted by molar-refractivity contribution is 9.10. The highest BCUT2D eigenvalue weighted by Gasteiger charge is 2.20. The molecule has 0 aliphatic carbocycles.